The maximum Gasteiger partial charge on any atom is 0.127 e. The van der Waals surface area contributed by atoms with Gasteiger partial charge >= 0.3 is 0 Å². The normalized spacial score (nSPS) is 10.5. The minimum absolute atomic E-state index is 0.116. The van der Waals surface area contributed by atoms with Crippen molar-refractivity contribution in [3.8, 4) is 5.75 Å². The van der Waals surface area contributed by atoms with Gasteiger partial charge in [0.05, 0.1) is 0 Å². The largest absolute Gasteiger partial charge is 0.489 e. The highest BCUT2D eigenvalue weighted by atomic mass is 16.5. The van der Waals surface area contributed by atoms with Crippen LogP contribution in [0.15, 0.2) is 67.8 Å². The summed E-state index contributed by atoms with van der Waals surface area (Å²) in [5.41, 5.74) is 0. The van der Waals surface area contributed by atoms with Gasteiger partial charge in [-0.1, -0.05) is 48.6 Å². The first-order valence-corrected chi connectivity index (χ1v) is 6.21. The molecular weight excluding hydrogens is 220 g/mol. The number of benzene rings is 2. The number of ether oxygens (including phenoxy) is 1. The maximum absolute atomic E-state index is 6.07. The van der Waals surface area contributed by atoms with E-state index in [0.29, 0.717) is 0 Å². The highest BCUT2D eigenvalue weighted by Crippen LogP contribution is 2.27. The Morgan fingerprint density at radius 2 is 1.61 bits per heavy atom. The highest BCUT2D eigenvalue weighted by Gasteiger charge is 2.08. The van der Waals surface area contributed by atoms with E-state index in [-0.39, 0.29) is 6.10 Å². The molecule has 0 aliphatic carbocycles. The molecule has 18 heavy (non-hydrogen) atoms. The second-order valence-corrected chi connectivity index (χ2v) is 4.27. The van der Waals surface area contributed by atoms with Gasteiger partial charge in [-0.15, -0.1) is 13.2 Å². The molecule has 0 spiro atoms. The lowest BCUT2D eigenvalue weighted by molar-refractivity contribution is 0.211. The SMILES string of the molecule is C=CCC(CC=C)Oc1cccc2ccccc12. The number of hydrogen-bond donors (Lipinski definition) is 0. The molecule has 2 rings (SSSR count). The van der Waals surface area contributed by atoms with Crippen molar-refractivity contribution in [1.82, 2.24) is 0 Å². The molecular formula is C17H18O. The number of fused-ring (bicyclic) bond motifs is 1. The zero-order valence-corrected chi connectivity index (χ0v) is 10.5. The fourth-order valence-electron chi connectivity index (χ4n) is 2.04. The zero-order chi connectivity index (χ0) is 12.8. The van der Waals surface area contributed by atoms with Crippen molar-refractivity contribution >= 4 is 10.8 Å². The number of hydrogen-bond acceptors (Lipinski definition) is 1. The Balaban J connectivity index is 2.29. The summed E-state index contributed by atoms with van der Waals surface area (Å²) < 4.78 is 6.07. The van der Waals surface area contributed by atoms with Crippen LogP contribution in [-0.2, 0) is 0 Å². The van der Waals surface area contributed by atoms with E-state index in [1.54, 1.807) is 0 Å². The lowest BCUT2D eigenvalue weighted by Crippen LogP contribution is -2.14. The second kappa shape index (κ2) is 6.06. The van der Waals surface area contributed by atoms with Gasteiger partial charge in [-0.05, 0) is 11.5 Å². The van der Waals surface area contributed by atoms with Crippen LogP contribution < -0.4 is 4.74 Å². The van der Waals surface area contributed by atoms with Gasteiger partial charge < -0.3 is 4.74 Å². The van der Waals surface area contributed by atoms with Gasteiger partial charge in [0.25, 0.3) is 0 Å². The van der Waals surface area contributed by atoms with Crippen LogP contribution in [-0.4, -0.2) is 6.10 Å². The van der Waals surface area contributed by atoms with E-state index >= 15 is 0 Å². The molecule has 1 heteroatoms. The van der Waals surface area contributed by atoms with Crippen molar-refractivity contribution in [3.63, 3.8) is 0 Å². The van der Waals surface area contributed by atoms with Crippen molar-refractivity contribution in [3.05, 3.63) is 67.8 Å². The first-order valence-electron chi connectivity index (χ1n) is 6.21. The van der Waals surface area contributed by atoms with Crippen LogP contribution in [0.25, 0.3) is 10.8 Å². The van der Waals surface area contributed by atoms with Gasteiger partial charge in [0.15, 0.2) is 0 Å². The van der Waals surface area contributed by atoms with Crippen molar-refractivity contribution in [1.29, 1.82) is 0 Å². The third-order valence-corrected chi connectivity index (χ3v) is 2.90. The lowest BCUT2D eigenvalue weighted by Gasteiger charge is -2.17. The summed E-state index contributed by atoms with van der Waals surface area (Å²) in [7, 11) is 0. The minimum atomic E-state index is 0.116. The van der Waals surface area contributed by atoms with E-state index in [2.05, 4.69) is 31.4 Å². The standard InChI is InChI=1S/C17H18O/c1-3-8-15(9-4-2)18-17-13-7-11-14-10-5-6-12-16(14)17/h3-7,10-13,15H,1-2,8-9H2. The van der Waals surface area contributed by atoms with E-state index in [1.807, 2.05) is 36.4 Å². The van der Waals surface area contributed by atoms with Crippen LogP contribution in [0.2, 0.25) is 0 Å². The molecule has 0 aromatic heterocycles. The predicted molar refractivity (Wildman–Crippen MR) is 78.0 cm³/mol. The molecule has 0 aliphatic rings. The Morgan fingerprint density at radius 1 is 0.944 bits per heavy atom. The summed E-state index contributed by atoms with van der Waals surface area (Å²) in [6.45, 7) is 7.54. The smallest absolute Gasteiger partial charge is 0.127 e. The molecule has 0 unspecified atom stereocenters. The Labute approximate surface area is 108 Å². The van der Waals surface area contributed by atoms with Crippen LogP contribution >= 0.6 is 0 Å². The van der Waals surface area contributed by atoms with Gasteiger partial charge in [0, 0.05) is 18.2 Å². The molecule has 2 aromatic rings. The van der Waals surface area contributed by atoms with E-state index < -0.39 is 0 Å². The summed E-state index contributed by atoms with van der Waals surface area (Å²) in [6.07, 6.45) is 5.55. The average molecular weight is 238 g/mol. The van der Waals surface area contributed by atoms with Gasteiger partial charge in [-0.3, -0.25) is 0 Å². The minimum Gasteiger partial charge on any atom is -0.489 e. The molecule has 0 fully saturated rings. The van der Waals surface area contributed by atoms with Crippen molar-refractivity contribution in [2.24, 2.45) is 0 Å². The van der Waals surface area contributed by atoms with Gasteiger partial charge in [-0.2, -0.15) is 0 Å². The highest BCUT2D eigenvalue weighted by molar-refractivity contribution is 5.88. The molecule has 0 N–H and O–H groups in total. The van der Waals surface area contributed by atoms with Crippen molar-refractivity contribution < 1.29 is 4.74 Å². The Morgan fingerprint density at radius 3 is 2.33 bits per heavy atom. The predicted octanol–water partition coefficient (Wildman–Crippen LogP) is 4.74. The third-order valence-electron chi connectivity index (χ3n) is 2.90. The monoisotopic (exact) mass is 238 g/mol. The maximum atomic E-state index is 6.07. The molecule has 0 radical (unpaired) electrons. The van der Waals surface area contributed by atoms with Crippen LogP contribution in [0.1, 0.15) is 12.8 Å². The van der Waals surface area contributed by atoms with E-state index in [1.165, 1.54) is 5.39 Å². The van der Waals surface area contributed by atoms with E-state index in [4.69, 9.17) is 4.74 Å². The van der Waals surface area contributed by atoms with Crippen LogP contribution in [0.4, 0.5) is 0 Å². The van der Waals surface area contributed by atoms with Crippen LogP contribution in [0.5, 0.6) is 5.75 Å². The summed E-state index contributed by atoms with van der Waals surface area (Å²) in [5, 5.41) is 2.35. The molecule has 0 atom stereocenters. The molecule has 1 nitrogen and oxygen atoms in total. The Kier molecular flexibility index (Phi) is 4.19. The molecule has 0 saturated heterocycles. The fourth-order valence-corrected chi connectivity index (χ4v) is 2.04. The molecule has 0 amide bonds. The van der Waals surface area contributed by atoms with E-state index in [0.717, 1.165) is 24.0 Å². The Hall–Kier alpha value is -2.02. The van der Waals surface area contributed by atoms with Crippen molar-refractivity contribution in [2.45, 2.75) is 18.9 Å². The number of rotatable bonds is 6. The first kappa shape index (κ1) is 12.4. The van der Waals surface area contributed by atoms with Crippen LogP contribution in [0, 0.1) is 0 Å². The molecule has 0 aliphatic heterocycles. The topological polar surface area (TPSA) is 9.23 Å². The van der Waals surface area contributed by atoms with Crippen molar-refractivity contribution in [2.75, 3.05) is 0 Å². The quantitative estimate of drug-likeness (QED) is 0.660. The average Bonchev–Trinajstić information content (AvgIpc) is 2.40. The third kappa shape index (κ3) is 2.80. The Bertz CT molecular complexity index is 527. The fraction of sp³-hybridized carbons (Fsp3) is 0.176. The summed E-state index contributed by atoms with van der Waals surface area (Å²) >= 11 is 0. The van der Waals surface area contributed by atoms with Crippen LogP contribution in [0.3, 0.4) is 0 Å². The van der Waals surface area contributed by atoms with E-state index in [9.17, 15) is 0 Å². The summed E-state index contributed by atoms with van der Waals surface area (Å²) in [6, 6.07) is 14.4. The zero-order valence-electron chi connectivity index (χ0n) is 10.5. The molecule has 0 heterocycles. The molecule has 0 saturated carbocycles. The molecule has 2 aromatic carbocycles. The van der Waals surface area contributed by atoms with Gasteiger partial charge in [0.2, 0.25) is 0 Å². The first-order chi connectivity index (χ1) is 8.85. The summed E-state index contributed by atoms with van der Waals surface area (Å²) in [4.78, 5) is 0. The van der Waals surface area contributed by atoms with Gasteiger partial charge in [0.1, 0.15) is 11.9 Å². The van der Waals surface area contributed by atoms with Gasteiger partial charge in [-0.25, -0.2) is 0 Å². The molecule has 0 bridgehead atoms. The second-order valence-electron chi connectivity index (χ2n) is 4.27. The lowest BCUT2D eigenvalue weighted by atomic mass is 10.1. The summed E-state index contributed by atoms with van der Waals surface area (Å²) in [5.74, 6) is 0.932. The molecule has 92 valence electrons.